The highest BCUT2D eigenvalue weighted by Crippen LogP contribution is 2.23. The molecule has 0 aromatic heterocycles. The van der Waals surface area contributed by atoms with Crippen LogP contribution in [0.25, 0.3) is 0 Å². The quantitative estimate of drug-likeness (QED) is 0.400. The van der Waals surface area contributed by atoms with E-state index in [9.17, 15) is 0 Å². The number of rotatable bonds is 0. The SMILES string of the molecule is Cc1ccc(I)c(I)c1I. The number of hydrogen-bond acceptors (Lipinski definition) is 0. The van der Waals surface area contributed by atoms with Crippen molar-refractivity contribution in [3.63, 3.8) is 0 Å². The van der Waals surface area contributed by atoms with Gasteiger partial charge in [0.25, 0.3) is 0 Å². The maximum absolute atomic E-state index is 2.38. The standard InChI is InChI=1S/C7H5I3/c1-4-2-3-5(8)7(10)6(4)9/h2-3H,1H3. The molecule has 3 heteroatoms. The van der Waals surface area contributed by atoms with Gasteiger partial charge in [0.2, 0.25) is 0 Å². The Balaban J connectivity index is 3.34. The second kappa shape index (κ2) is 3.88. The second-order valence-corrected chi connectivity index (χ2v) is 5.31. The third kappa shape index (κ3) is 1.96. The first-order chi connectivity index (χ1) is 4.63. The van der Waals surface area contributed by atoms with E-state index >= 15 is 0 Å². The van der Waals surface area contributed by atoms with Gasteiger partial charge in [-0.3, -0.25) is 0 Å². The van der Waals surface area contributed by atoms with Crippen LogP contribution in [-0.4, -0.2) is 0 Å². The van der Waals surface area contributed by atoms with E-state index in [0.717, 1.165) is 0 Å². The minimum Gasteiger partial charge on any atom is -0.0571 e. The summed E-state index contributed by atoms with van der Waals surface area (Å²) in [5.74, 6) is 0. The minimum absolute atomic E-state index is 1.34. The Bertz CT molecular complexity index is 228. The van der Waals surface area contributed by atoms with Crippen molar-refractivity contribution in [3.8, 4) is 0 Å². The van der Waals surface area contributed by atoms with Crippen LogP contribution in [0.3, 0.4) is 0 Å². The molecule has 10 heavy (non-hydrogen) atoms. The van der Waals surface area contributed by atoms with E-state index in [2.05, 4.69) is 86.8 Å². The minimum atomic E-state index is 1.34. The average molecular weight is 470 g/mol. The summed E-state index contributed by atoms with van der Waals surface area (Å²) in [5, 5.41) is 0. The van der Waals surface area contributed by atoms with Crippen LogP contribution in [0.5, 0.6) is 0 Å². The van der Waals surface area contributed by atoms with E-state index in [1.54, 1.807) is 0 Å². The van der Waals surface area contributed by atoms with Crippen LogP contribution >= 0.6 is 67.8 Å². The number of halogens is 3. The molecule has 0 atom stereocenters. The van der Waals surface area contributed by atoms with Gasteiger partial charge in [0.15, 0.2) is 0 Å². The lowest BCUT2D eigenvalue weighted by Gasteiger charge is -2.01. The molecule has 0 radical (unpaired) electrons. The predicted molar refractivity (Wildman–Crippen MR) is 69.3 cm³/mol. The molecule has 1 rings (SSSR count). The number of hydrogen-bond donors (Lipinski definition) is 0. The summed E-state index contributed by atoms with van der Waals surface area (Å²) in [6, 6.07) is 4.31. The zero-order chi connectivity index (χ0) is 7.72. The first-order valence-electron chi connectivity index (χ1n) is 2.73. The Morgan fingerprint density at radius 3 is 2.10 bits per heavy atom. The van der Waals surface area contributed by atoms with Crippen molar-refractivity contribution in [2.75, 3.05) is 0 Å². The van der Waals surface area contributed by atoms with Crippen molar-refractivity contribution < 1.29 is 0 Å². The van der Waals surface area contributed by atoms with Gasteiger partial charge in [-0.2, -0.15) is 0 Å². The average Bonchev–Trinajstić information content (AvgIpc) is 1.93. The summed E-state index contributed by atoms with van der Waals surface area (Å²) >= 11 is 7.12. The molecule has 0 unspecified atom stereocenters. The highest BCUT2D eigenvalue weighted by Gasteiger charge is 2.02. The number of aryl methyl sites for hydroxylation is 1. The summed E-state index contributed by atoms with van der Waals surface area (Å²) in [6.07, 6.45) is 0. The summed E-state index contributed by atoms with van der Waals surface area (Å²) in [5.41, 5.74) is 1.37. The summed E-state index contributed by atoms with van der Waals surface area (Å²) in [6.45, 7) is 2.14. The van der Waals surface area contributed by atoms with Gasteiger partial charge in [-0.25, -0.2) is 0 Å². The maximum atomic E-state index is 2.38. The fourth-order valence-electron chi connectivity index (χ4n) is 0.622. The van der Waals surface area contributed by atoms with Crippen molar-refractivity contribution >= 4 is 67.8 Å². The van der Waals surface area contributed by atoms with E-state index in [0.29, 0.717) is 0 Å². The van der Waals surface area contributed by atoms with Gasteiger partial charge in [0.05, 0.1) is 0 Å². The highest BCUT2D eigenvalue weighted by atomic mass is 127. The summed E-state index contributed by atoms with van der Waals surface area (Å²) in [7, 11) is 0. The van der Waals surface area contributed by atoms with Crippen molar-refractivity contribution in [2.24, 2.45) is 0 Å². The van der Waals surface area contributed by atoms with Crippen LogP contribution in [0.4, 0.5) is 0 Å². The van der Waals surface area contributed by atoms with E-state index in [1.165, 1.54) is 16.3 Å². The monoisotopic (exact) mass is 470 g/mol. The molecule has 1 aromatic rings. The molecule has 0 aliphatic heterocycles. The van der Waals surface area contributed by atoms with E-state index in [4.69, 9.17) is 0 Å². The highest BCUT2D eigenvalue weighted by molar-refractivity contribution is 14.1. The molecule has 0 fully saturated rings. The van der Waals surface area contributed by atoms with Crippen LogP contribution in [-0.2, 0) is 0 Å². The molecular weight excluding hydrogens is 465 g/mol. The van der Waals surface area contributed by atoms with Crippen molar-refractivity contribution in [1.82, 2.24) is 0 Å². The molecule has 0 N–H and O–H groups in total. The molecule has 0 saturated carbocycles. The van der Waals surface area contributed by atoms with Gasteiger partial charge >= 0.3 is 0 Å². The third-order valence-corrected chi connectivity index (χ3v) is 6.70. The van der Waals surface area contributed by atoms with Gasteiger partial charge in [-0.15, -0.1) is 0 Å². The van der Waals surface area contributed by atoms with Crippen LogP contribution in [0.2, 0.25) is 0 Å². The van der Waals surface area contributed by atoms with Crippen molar-refractivity contribution in [3.05, 3.63) is 28.4 Å². The Morgan fingerprint density at radius 1 is 1.00 bits per heavy atom. The zero-order valence-corrected chi connectivity index (χ0v) is 11.8. The van der Waals surface area contributed by atoms with Gasteiger partial charge < -0.3 is 0 Å². The Kier molecular flexibility index (Phi) is 3.69. The molecule has 0 saturated heterocycles. The number of benzene rings is 1. The van der Waals surface area contributed by atoms with Crippen LogP contribution in [0.15, 0.2) is 12.1 Å². The molecule has 0 nitrogen and oxygen atoms in total. The van der Waals surface area contributed by atoms with Crippen molar-refractivity contribution in [2.45, 2.75) is 6.92 Å². The first-order valence-corrected chi connectivity index (χ1v) is 5.96. The molecule has 1 aromatic carbocycles. The summed E-state index contributed by atoms with van der Waals surface area (Å²) < 4.78 is 4.09. The van der Waals surface area contributed by atoms with Gasteiger partial charge in [0, 0.05) is 10.7 Å². The normalized spacial score (nSPS) is 10.0. The molecule has 0 bridgehead atoms. The van der Waals surface area contributed by atoms with Gasteiger partial charge in [0.1, 0.15) is 0 Å². The van der Waals surface area contributed by atoms with Crippen LogP contribution in [0, 0.1) is 17.6 Å². The molecule has 54 valence electrons. The molecule has 0 heterocycles. The van der Waals surface area contributed by atoms with Gasteiger partial charge in [-0.05, 0) is 86.3 Å². The van der Waals surface area contributed by atoms with Crippen LogP contribution in [0.1, 0.15) is 5.56 Å². The molecule has 0 aliphatic rings. The smallest absolute Gasteiger partial charge is 0.0400 e. The van der Waals surface area contributed by atoms with Crippen molar-refractivity contribution in [1.29, 1.82) is 0 Å². The Labute approximate surface area is 102 Å². The molecular formula is C7H5I3. The Hall–Kier alpha value is 1.41. The molecule has 0 spiro atoms. The van der Waals surface area contributed by atoms with Gasteiger partial charge in [-0.1, -0.05) is 6.07 Å². The van der Waals surface area contributed by atoms with Crippen LogP contribution < -0.4 is 0 Å². The van der Waals surface area contributed by atoms with E-state index in [1.807, 2.05) is 0 Å². The predicted octanol–water partition coefficient (Wildman–Crippen LogP) is 3.81. The second-order valence-electron chi connectivity index (χ2n) is 1.99. The Morgan fingerprint density at radius 2 is 1.60 bits per heavy atom. The third-order valence-electron chi connectivity index (χ3n) is 1.23. The first kappa shape index (κ1) is 9.50. The fraction of sp³-hybridized carbons (Fsp3) is 0.143. The van der Waals surface area contributed by atoms with E-state index < -0.39 is 0 Å². The lowest BCUT2D eigenvalue weighted by Crippen LogP contribution is -1.87. The maximum Gasteiger partial charge on any atom is 0.0400 e. The zero-order valence-electron chi connectivity index (χ0n) is 5.29. The molecule has 0 aliphatic carbocycles. The largest absolute Gasteiger partial charge is 0.0571 e. The molecule has 0 amide bonds. The lowest BCUT2D eigenvalue weighted by molar-refractivity contribution is 1.38. The summed E-state index contributed by atoms with van der Waals surface area (Å²) in [4.78, 5) is 0. The topological polar surface area (TPSA) is 0 Å². The lowest BCUT2D eigenvalue weighted by atomic mass is 10.2. The fourth-order valence-corrected chi connectivity index (χ4v) is 2.66. The van der Waals surface area contributed by atoms with E-state index in [-0.39, 0.29) is 0 Å².